The van der Waals surface area contributed by atoms with Crippen molar-refractivity contribution in [1.82, 2.24) is 9.29 Å². The molecule has 4 heterocycles. The van der Waals surface area contributed by atoms with E-state index in [1.54, 1.807) is 25.4 Å². The maximum atomic E-state index is 14.5. The van der Waals surface area contributed by atoms with Crippen molar-refractivity contribution in [1.29, 1.82) is 0 Å². The summed E-state index contributed by atoms with van der Waals surface area (Å²) in [5, 5.41) is 0.739. The van der Waals surface area contributed by atoms with Crippen molar-refractivity contribution < 1.29 is 28.0 Å². The highest BCUT2D eigenvalue weighted by atomic mass is 35.5. The van der Waals surface area contributed by atoms with Gasteiger partial charge in [-0.3, -0.25) is 14.3 Å². The largest absolute Gasteiger partial charge is 0.491 e. The Morgan fingerprint density at radius 1 is 1.10 bits per heavy atom. The van der Waals surface area contributed by atoms with Gasteiger partial charge < -0.3 is 23.7 Å². The van der Waals surface area contributed by atoms with Crippen LogP contribution in [0.5, 0.6) is 5.75 Å². The van der Waals surface area contributed by atoms with E-state index in [0.29, 0.717) is 86.3 Å². The van der Waals surface area contributed by atoms with Crippen LogP contribution >= 0.6 is 11.6 Å². The van der Waals surface area contributed by atoms with Gasteiger partial charge in [0.2, 0.25) is 0 Å². The monoisotopic (exact) mass is 732 g/mol. The third kappa shape index (κ3) is 7.36. The minimum absolute atomic E-state index is 0.0249. The second kappa shape index (κ2) is 14.4. The van der Waals surface area contributed by atoms with Crippen molar-refractivity contribution in [2.75, 3.05) is 37.5 Å². The van der Waals surface area contributed by atoms with E-state index in [0.717, 1.165) is 48.6 Å². The number of carbonyl (C=O) groups excluding carboxylic acids is 2. The Kier molecular flexibility index (Phi) is 9.73. The van der Waals surface area contributed by atoms with Gasteiger partial charge in [0.1, 0.15) is 15.7 Å². The first kappa shape index (κ1) is 34.4. The van der Waals surface area contributed by atoms with Crippen LogP contribution in [0.2, 0.25) is 5.02 Å². The topological polar surface area (TPSA) is 111 Å². The number of fused-ring (bicyclic) bond motifs is 6. The van der Waals surface area contributed by atoms with Crippen LogP contribution < -0.4 is 14.4 Å². The maximum Gasteiger partial charge on any atom is 0.286 e. The molecule has 1 unspecified atom stereocenters. The molecule has 10 nitrogen and oxygen atoms in total. The minimum Gasteiger partial charge on any atom is -0.491 e. The van der Waals surface area contributed by atoms with Crippen LogP contribution in [0.4, 0.5) is 5.69 Å². The van der Waals surface area contributed by atoms with E-state index in [1.807, 2.05) is 22.8 Å². The third-order valence-electron chi connectivity index (χ3n) is 11.3. The zero-order chi connectivity index (χ0) is 35.1. The van der Waals surface area contributed by atoms with Crippen molar-refractivity contribution in [2.45, 2.75) is 70.2 Å². The van der Waals surface area contributed by atoms with Gasteiger partial charge in [0, 0.05) is 49.2 Å². The number of aromatic nitrogens is 1. The number of hydrogen-bond acceptors (Lipinski definition) is 7. The molecule has 270 valence electrons. The standard InChI is InChI=1S/C39H45ClN4O6S/c1-48-36-5-3-2-4-16-51(47,42-39(46)29-17-31-24-49-15-13-43(31)23-29)41-38(45)26-8-11-37-35(19-26)44(21-27-7-10-32(27)36)22-28-6-9-30(40)20-34(28)33-18-25(33)12-14-50-37/h3,5-6,8-9,11,17,19-20,23,25,27,32-33,36H,2,4,7,10,12-16,18,21-22,24H2,1H3,(H,41,42,45,46,47)/b5-3+/t25-,27+,32-,33+,36+,51?/m1/s1. The van der Waals surface area contributed by atoms with Crippen LogP contribution in [0.15, 0.2) is 65.2 Å². The lowest BCUT2D eigenvalue weighted by atomic mass is 9.70. The minimum atomic E-state index is -3.49. The number of anilines is 1. The Morgan fingerprint density at radius 3 is 2.82 bits per heavy atom. The molecule has 2 aromatic carbocycles. The first-order chi connectivity index (χ1) is 24.8. The number of amides is 2. The van der Waals surface area contributed by atoms with Crippen LogP contribution in [-0.2, 0) is 39.1 Å². The predicted molar refractivity (Wildman–Crippen MR) is 197 cm³/mol. The molecule has 12 heteroatoms. The SMILES string of the molecule is CO[C@H]1/C=C/CCCS(=O)(NC(=O)c2cc3n(c2)CCOC3)=NC(=O)c2ccc3c(c2)N(Cc2ccc(Cl)cc2[C@H]2C[C@H]2CCO3)C[C@@H]2CC[C@H]21. The normalized spacial score (nSPS) is 29.6. The van der Waals surface area contributed by atoms with Crippen molar-refractivity contribution in [3.63, 3.8) is 0 Å². The summed E-state index contributed by atoms with van der Waals surface area (Å²) in [7, 11) is -1.73. The number of allylic oxidation sites excluding steroid dienone is 1. The van der Waals surface area contributed by atoms with Gasteiger partial charge in [-0.1, -0.05) is 29.8 Å². The van der Waals surface area contributed by atoms with E-state index in [-0.39, 0.29) is 11.9 Å². The van der Waals surface area contributed by atoms with Gasteiger partial charge in [0.25, 0.3) is 11.8 Å². The molecule has 3 aromatic rings. The predicted octanol–water partition coefficient (Wildman–Crippen LogP) is 6.91. The van der Waals surface area contributed by atoms with Gasteiger partial charge in [-0.15, -0.1) is 4.36 Å². The van der Waals surface area contributed by atoms with Crippen molar-refractivity contribution in [2.24, 2.45) is 22.1 Å². The van der Waals surface area contributed by atoms with E-state index < -0.39 is 21.7 Å². The lowest BCUT2D eigenvalue weighted by Gasteiger charge is -2.43. The fraction of sp³-hybridized carbons (Fsp3) is 0.487. The molecule has 6 atom stereocenters. The van der Waals surface area contributed by atoms with Gasteiger partial charge >= 0.3 is 0 Å². The molecular weight excluding hydrogens is 688 g/mol. The lowest BCUT2D eigenvalue weighted by molar-refractivity contribution is 0.0134. The number of halogens is 1. The molecule has 8 rings (SSSR count). The molecule has 0 saturated heterocycles. The van der Waals surface area contributed by atoms with Crippen LogP contribution in [0, 0.1) is 17.8 Å². The molecule has 2 bridgehead atoms. The molecule has 0 radical (unpaired) electrons. The van der Waals surface area contributed by atoms with Crippen LogP contribution in [0.3, 0.4) is 0 Å². The zero-order valence-electron chi connectivity index (χ0n) is 28.9. The van der Waals surface area contributed by atoms with Crippen molar-refractivity contribution in [3.05, 3.63) is 93.8 Å². The zero-order valence-corrected chi connectivity index (χ0v) is 30.5. The third-order valence-corrected chi connectivity index (χ3v) is 13.3. The number of ether oxygens (including phenoxy) is 3. The average molecular weight is 733 g/mol. The molecule has 2 saturated carbocycles. The van der Waals surface area contributed by atoms with Crippen molar-refractivity contribution >= 4 is 39.0 Å². The number of rotatable bonds is 3. The van der Waals surface area contributed by atoms with Crippen molar-refractivity contribution in [3.8, 4) is 5.75 Å². The molecule has 1 aromatic heterocycles. The smallest absolute Gasteiger partial charge is 0.286 e. The van der Waals surface area contributed by atoms with E-state index in [2.05, 4.69) is 38.3 Å². The summed E-state index contributed by atoms with van der Waals surface area (Å²) in [6, 6.07) is 13.3. The van der Waals surface area contributed by atoms with Crippen LogP contribution in [0.1, 0.15) is 82.0 Å². The summed E-state index contributed by atoms with van der Waals surface area (Å²) in [5.74, 6) is 1.27. The first-order valence-corrected chi connectivity index (χ1v) is 20.2. The average Bonchev–Trinajstić information content (AvgIpc) is 3.74. The van der Waals surface area contributed by atoms with Gasteiger partial charge in [-0.25, -0.2) is 4.21 Å². The summed E-state index contributed by atoms with van der Waals surface area (Å²) in [6.07, 6.45) is 11.1. The molecule has 5 aliphatic rings. The Bertz CT molecular complexity index is 1960. The lowest BCUT2D eigenvalue weighted by Crippen LogP contribution is -2.43. The summed E-state index contributed by atoms with van der Waals surface area (Å²) < 4.78 is 41.4. The number of benzene rings is 2. The molecule has 2 fully saturated rings. The summed E-state index contributed by atoms with van der Waals surface area (Å²) >= 11 is 6.55. The van der Waals surface area contributed by atoms with Gasteiger partial charge in [-0.05, 0) is 110 Å². The Morgan fingerprint density at radius 2 is 2.00 bits per heavy atom. The Labute approximate surface area is 304 Å². The molecular formula is C39H45ClN4O6S. The summed E-state index contributed by atoms with van der Waals surface area (Å²) in [4.78, 5) is 29.8. The van der Waals surface area contributed by atoms with Crippen LogP contribution in [-0.4, -0.2) is 59.3 Å². The highest BCUT2D eigenvalue weighted by molar-refractivity contribution is 7.92. The quantitative estimate of drug-likeness (QED) is 0.292. The second-order valence-corrected chi connectivity index (χ2v) is 17.1. The van der Waals surface area contributed by atoms with Gasteiger partial charge in [-0.2, -0.15) is 0 Å². The molecule has 2 aliphatic carbocycles. The van der Waals surface area contributed by atoms with E-state index in [1.165, 1.54) is 11.1 Å². The van der Waals surface area contributed by atoms with Gasteiger partial charge in [0.05, 0.1) is 42.9 Å². The highest BCUT2D eigenvalue weighted by Gasteiger charge is 2.41. The Balaban J connectivity index is 1.18. The maximum absolute atomic E-state index is 14.5. The van der Waals surface area contributed by atoms with Crippen LogP contribution in [0.25, 0.3) is 0 Å². The summed E-state index contributed by atoms with van der Waals surface area (Å²) in [5.41, 5.74) is 4.84. The molecule has 0 spiro atoms. The van der Waals surface area contributed by atoms with E-state index in [4.69, 9.17) is 25.8 Å². The number of methoxy groups -OCH3 is 1. The summed E-state index contributed by atoms with van der Waals surface area (Å²) in [6.45, 7) is 3.54. The second-order valence-electron chi connectivity index (χ2n) is 14.6. The fourth-order valence-electron chi connectivity index (χ4n) is 8.21. The first-order valence-electron chi connectivity index (χ1n) is 18.1. The number of hydrogen-bond donors (Lipinski definition) is 1. The van der Waals surface area contributed by atoms with E-state index in [9.17, 15) is 13.8 Å². The fourth-order valence-corrected chi connectivity index (χ4v) is 9.97. The molecule has 2 amide bonds. The van der Waals surface area contributed by atoms with E-state index >= 15 is 0 Å². The number of carbonyl (C=O) groups is 2. The highest BCUT2D eigenvalue weighted by Crippen LogP contribution is 2.52. The Hall–Kier alpha value is -3.64. The number of nitrogens with zero attached hydrogens (tertiary/aromatic N) is 3. The molecule has 51 heavy (non-hydrogen) atoms. The molecule has 3 aliphatic heterocycles. The number of nitrogens with one attached hydrogen (secondary N) is 1. The van der Waals surface area contributed by atoms with Gasteiger partial charge in [0.15, 0.2) is 0 Å². The molecule has 1 N–H and O–H groups in total.